The zero-order valence-corrected chi connectivity index (χ0v) is 17.8. The SMILES string of the molecule is CCCc1nnsc1C(=O)N1Cc2nn(-c3ccc(C)cc3)c(-n3cccc3)c2C1. The molecule has 1 aliphatic rings. The summed E-state index contributed by atoms with van der Waals surface area (Å²) >= 11 is 1.19. The summed E-state index contributed by atoms with van der Waals surface area (Å²) in [6, 6.07) is 12.3. The minimum absolute atomic E-state index is 0.00760. The van der Waals surface area contributed by atoms with Crippen LogP contribution in [0, 0.1) is 6.92 Å². The molecule has 152 valence electrons. The third kappa shape index (κ3) is 3.13. The lowest BCUT2D eigenvalue weighted by atomic mass is 10.2. The number of hydrogen-bond donors (Lipinski definition) is 0. The molecule has 0 N–H and O–H groups in total. The van der Waals surface area contributed by atoms with E-state index >= 15 is 0 Å². The molecule has 0 saturated carbocycles. The monoisotopic (exact) mass is 418 g/mol. The molecule has 0 aliphatic carbocycles. The highest BCUT2D eigenvalue weighted by Gasteiger charge is 2.33. The van der Waals surface area contributed by atoms with Gasteiger partial charge >= 0.3 is 0 Å². The van der Waals surface area contributed by atoms with Crippen molar-refractivity contribution < 1.29 is 4.79 Å². The molecule has 0 fully saturated rings. The van der Waals surface area contributed by atoms with E-state index in [4.69, 9.17) is 5.10 Å². The van der Waals surface area contributed by atoms with E-state index in [0.717, 1.165) is 41.3 Å². The average molecular weight is 419 g/mol. The van der Waals surface area contributed by atoms with Crippen LogP contribution in [0.5, 0.6) is 0 Å². The predicted molar refractivity (Wildman–Crippen MR) is 115 cm³/mol. The van der Waals surface area contributed by atoms with Gasteiger partial charge in [0.1, 0.15) is 10.7 Å². The van der Waals surface area contributed by atoms with Gasteiger partial charge < -0.3 is 9.47 Å². The molecule has 0 saturated heterocycles. The maximum atomic E-state index is 13.2. The lowest BCUT2D eigenvalue weighted by molar-refractivity contribution is 0.0752. The number of hydrogen-bond acceptors (Lipinski definition) is 5. The van der Waals surface area contributed by atoms with E-state index in [0.29, 0.717) is 18.0 Å². The normalized spacial score (nSPS) is 13.1. The van der Waals surface area contributed by atoms with Crippen molar-refractivity contribution in [2.24, 2.45) is 0 Å². The van der Waals surface area contributed by atoms with Gasteiger partial charge in [-0.2, -0.15) is 5.10 Å². The van der Waals surface area contributed by atoms with Gasteiger partial charge in [-0.15, -0.1) is 5.10 Å². The molecule has 3 aromatic heterocycles. The number of amides is 1. The Labute approximate surface area is 178 Å². The third-order valence-electron chi connectivity index (χ3n) is 5.38. The summed E-state index contributed by atoms with van der Waals surface area (Å²) < 4.78 is 8.05. The molecule has 8 heteroatoms. The summed E-state index contributed by atoms with van der Waals surface area (Å²) in [6.07, 6.45) is 5.73. The van der Waals surface area contributed by atoms with Gasteiger partial charge in [-0.3, -0.25) is 4.79 Å². The first-order valence-electron chi connectivity index (χ1n) is 10.1. The van der Waals surface area contributed by atoms with Gasteiger partial charge in [0.2, 0.25) is 0 Å². The van der Waals surface area contributed by atoms with Gasteiger partial charge in [0, 0.05) is 18.0 Å². The molecule has 1 aromatic carbocycles. The minimum atomic E-state index is -0.00760. The number of fused-ring (bicyclic) bond motifs is 1. The molecular formula is C22H22N6OS. The van der Waals surface area contributed by atoms with Crippen LogP contribution in [0.3, 0.4) is 0 Å². The molecule has 1 amide bonds. The van der Waals surface area contributed by atoms with Gasteiger partial charge in [0.15, 0.2) is 0 Å². The zero-order chi connectivity index (χ0) is 20.7. The van der Waals surface area contributed by atoms with Crippen LogP contribution in [-0.4, -0.2) is 34.7 Å². The van der Waals surface area contributed by atoms with E-state index < -0.39 is 0 Å². The number of aromatic nitrogens is 5. The maximum Gasteiger partial charge on any atom is 0.268 e. The molecule has 5 rings (SSSR count). The second-order valence-electron chi connectivity index (χ2n) is 7.55. The summed E-state index contributed by atoms with van der Waals surface area (Å²) in [5.74, 6) is 0.970. The highest BCUT2D eigenvalue weighted by Crippen LogP contribution is 2.32. The molecule has 0 atom stereocenters. The van der Waals surface area contributed by atoms with Crippen LogP contribution in [0.15, 0.2) is 48.8 Å². The Morgan fingerprint density at radius 3 is 2.63 bits per heavy atom. The van der Waals surface area contributed by atoms with Crippen molar-refractivity contribution in [2.45, 2.75) is 39.8 Å². The van der Waals surface area contributed by atoms with Crippen LogP contribution in [0.4, 0.5) is 0 Å². The highest BCUT2D eigenvalue weighted by atomic mass is 32.1. The molecule has 0 spiro atoms. The Bertz CT molecular complexity index is 1190. The van der Waals surface area contributed by atoms with E-state index in [1.807, 2.05) is 34.1 Å². The third-order valence-corrected chi connectivity index (χ3v) is 6.14. The summed E-state index contributed by atoms with van der Waals surface area (Å²) in [7, 11) is 0. The number of nitrogens with zero attached hydrogens (tertiary/aromatic N) is 6. The average Bonchev–Trinajstić information content (AvgIpc) is 3.52. The minimum Gasteiger partial charge on any atom is -0.327 e. The smallest absolute Gasteiger partial charge is 0.268 e. The van der Waals surface area contributed by atoms with Crippen molar-refractivity contribution in [1.29, 1.82) is 0 Å². The lowest BCUT2D eigenvalue weighted by Crippen LogP contribution is -2.26. The van der Waals surface area contributed by atoms with E-state index in [1.54, 1.807) is 0 Å². The first kappa shape index (κ1) is 18.7. The van der Waals surface area contributed by atoms with E-state index in [9.17, 15) is 4.79 Å². The topological polar surface area (TPSA) is 68.8 Å². The summed E-state index contributed by atoms with van der Waals surface area (Å²) in [4.78, 5) is 15.7. The second kappa shape index (κ2) is 7.53. The molecule has 7 nitrogen and oxygen atoms in total. The number of carbonyl (C=O) groups excluding carboxylic acids is 1. The van der Waals surface area contributed by atoms with Crippen LogP contribution >= 0.6 is 11.5 Å². The van der Waals surface area contributed by atoms with Gasteiger partial charge in [0.25, 0.3) is 5.91 Å². The molecule has 4 aromatic rings. The van der Waals surface area contributed by atoms with Crippen LogP contribution in [0.1, 0.15) is 45.5 Å². The fraction of sp³-hybridized carbons (Fsp3) is 0.273. The van der Waals surface area contributed by atoms with Crippen molar-refractivity contribution in [1.82, 2.24) is 28.8 Å². The van der Waals surface area contributed by atoms with Gasteiger partial charge in [0.05, 0.1) is 30.2 Å². The van der Waals surface area contributed by atoms with Crippen molar-refractivity contribution in [3.05, 3.63) is 76.2 Å². The first-order chi connectivity index (χ1) is 14.7. The molecule has 30 heavy (non-hydrogen) atoms. The fourth-order valence-corrected chi connectivity index (χ4v) is 4.54. The van der Waals surface area contributed by atoms with Crippen LogP contribution in [-0.2, 0) is 19.5 Å². The molecule has 0 bridgehead atoms. The van der Waals surface area contributed by atoms with E-state index in [2.05, 4.69) is 52.3 Å². The van der Waals surface area contributed by atoms with Gasteiger partial charge in [-0.25, -0.2) is 4.68 Å². The Morgan fingerprint density at radius 2 is 1.90 bits per heavy atom. The van der Waals surface area contributed by atoms with Crippen LogP contribution < -0.4 is 0 Å². The molecule has 4 heterocycles. The maximum absolute atomic E-state index is 13.2. The predicted octanol–water partition coefficient (Wildman–Crippen LogP) is 3.93. The van der Waals surface area contributed by atoms with Gasteiger partial charge in [-0.1, -0.05) is 35.5 Å². The zero-order valence-electron chi connectivity index (χ0n) is 16.9. The summed E-state index contributed by atoms with van der Waals surface area (Å²) in [6.45, 7) is 5.17. The number of benzene rings is 1. The first-order valence-corrected chi connectivity index (χ1v) is 10.8. The van der Waals surface area contributed by atoms with Crippen molar-refractivity contribution in [3.63, 3.8) is 0 Å². The Balaban J connectivity index is 1.51. The molecular weight excluding hydrogens is 396 g/mol. The highest BCUT2D eigenvalue weighted by molar-refractivity contribution is 7.08. The molecule has 1 aliphatic heterocycles. The number of aryl methyl sites for hydroxylation is 2. The largest absolute Gasteiger partial charge is 0.327 e. The Morgan fingerprint density at radius 1 is 1.13 bits per heavy atom. The van der Waals surface area contributed by atoms with E-state index in [-0.39, 0.29) is 5.91 Å². The van der Waals surface area contributed by atoms with Crippen molar-refractivity contribution in [3.8, 4) is 11.5 Å². The summed E-state index contributed by atoms with van der Waals surface area (Å²) in [5.41, 5.74) is 5.02. The van der Waals surface area contributed by atoms with Crippen molar-refractivity contribution >= 4 is 17.4 Å². The van der Waals surface area contributed by atoms with Crippen LogP contribution in [0.2, 0.25) is 0 Å². The lowest BCUT2D eigenvalue weighted by Gasteiger charge is -2.17. The van der Waals surface area contributed by atoms with Gasteiger partial charge in [-0.05, 0) is 49.1 Å². The standard InChI is InChI=1S/C22H22N6OS/c1-3-6-18-20(30-25-23-18)22(29)27-13-17-19(14-27)24-28(16-9-7-15(2)8-10-16)21(17)26-11-4-5-12-26/h4-5,7-12H,3,6,13-14H2,1-2H3. The second-order valence-corrected chi connectivity index (χ2v) is 8.30. The molecule has 0 unspecified atom stereocenters. The molecule has 0 radical (unpaired) electrons. The fourth-order valence-electron chi connectivity index (χ4n) is 3.87. The van der Waals surface area contributed by atoms with Crippen LogP contribution in [0.25, 0.3) is 11.5 Å². The number of carbonyl (C=O) groups is 1. The summed E-state index contributed by atoms with van der Waals surface area (Å²) in [5, 5.41) is 9.04. The Kier molecular flexibility index (Phi) is 4.71. The van der Waals surface area contributed by atoms with E-state index in [1.165, 1.54) is 17.1 Å². The number of rotatable bonds is 5. The Hall–Kier alpha value is -3.26. The van der Waals surface area contributed by atoms with Crippen molar-refractivity contribution in [2.75, 3.05) is 0 Å². The quantitative estimate of drug-likeness (QED) is 0.492.